The number of aromatic nitrogens is 1. The quantitative estimate of drug-likeness (QED) is 0.814. The lowest BCUT2D eigenvalue weighted by molar-refractivity contribution is 0.170. The van der Waals surface area contributed by atoms with E-state index >= 15 is 0 Å². The van der Waals surface area contributed by atoms with Crippen LogP contribution < -0.4 is 5.32 Å². The van der Waals surface area contributed by atoms with Gasteiger partial charge in [0.25, 0.3) is 0 Å². The molecule has 0 radical (unpaired) electrons. The summed E-state index contributed by atoms with van der Waals surface area (Å²) >= 11 is 3.42. The van der Waals surface area contributed by atoms with Gasteiger partial charge in [-0.1, -0.05) is 6.92 Å². The molecule has 1 heterocycles. The van der Waals surface area contributed by atoms with Crippen LogP contribution in [0.3, 0.4) is 0 Å². The fraction of sp³-hybridized carbons (Fsp3) is 0.643. The van der Waals surface area contributed by atoms with Gasteiger partial charge in [0.15, 0.2) is 0 Å². The second-order valence-electron chi connectivity index (χ2n) is 4.97. The van der Waals surface area contributed by atoms with Crippen molar-refractivity contribution in [2.24, 2.45) is 11.8 Å². The summed E-state index contributed by atoms with van der Waals surface area (Å²) in [5.41, 5.74) is 1.23. The molecule has 3 heteroatoms. The standard InChI is InChI=1S/C14H21BrN2/c1-2-7-16-9-12-4-3-11(12)8-14-6-5-13(15)10-17-14/h5-6,10-12,16H,2-4,7-9H2,1H3. The van der Waals surface area contributed by atoms with Crippen LogP contribution in [0.5, 0.6) is 0 Å². The molecule has 2 rings (SSSR count). The molecule has 0 spiro atoms. The molecule has 94 valence electrons. The maximum absolute atomic E-state index is 4.46. The lowest BCUT2D eigenvalue weighted by atomic mass is 9.71. The van der Waals surface area contributed by atoms with Crippen LogP contribution in [0.1, 0.15) is 31.9 Å². The van der Waals surface area contributed by atoms with E-state index in [1.165, 1.54) is 31.5 Å². The van der Waals surface area contributed by atoms with Crippen LogP contribution in [0.2, 0.25) is 0 Å². The molecule has 1 N–H and O–H groups in total. The first-order chi connectivity index (χ1) is 8.29. The van der Waals surface area contributed by atoms with Gasteiger partial charge >= 0.3 is 0 Å². The second kappa shape index (κ2) is 6.50. The van der Waals surface area contributed by atoms with Gasteiger partial charge in [-0.3, -0.25) is 4.98 Å². The molecular weight excluding hydrogens is 276 g/mol. The maximum Gasteiger partial charge on any atom is 0.0413 e. The second-order valence-corrected chi connectivity index (χ2v) is 5.89. The fourth-order valence-corrected chi connectivity index (χ4v) is 2.67. The van der Waals surface area contributed by atoms with Gasteiger partial charge < -0.3 is 5.32 Å². The molecule has 1 aromatic rings. The van der Waals surface area contributed by atoms with Crippen LogP contribution in [0.25, 0.3) is 0 Å². The first-order valence-corrected chi connectivity index (χ1v) is 7.40. The van der Waals surface area contributed by atoms with Crippen molar-refractivity contribution in [3.8, 4) is 0 Å². The molecule has 0 saturated heterocycles. The van der Waals surface area contributed by atoms with Crippen LogP contribution in [0.15, 0.2) is 22.8 Å². The van der Waals surface area contributed by atoms with Crippen LogP contribution in [0.4, 0.5) is 0 Å². The van der Waals surface area contributed by atoms with Gasteiger partial charge in [-0.05, 0) is 78.7 Å². The van der Waals surface area contributed by atoms with E-state index in [0.29, 0.717) is 0 Å². The van der Waals surface area contributed by atoms with Crippen molar-refractivity contribution in [3.05, 3.63) is 28.5 Å². The number of pyridine rings is 1. The predicted octanol–water partition coefficient (Wildman–Crippen LogP) is 3.41. The van der Waals surface area contributed by atoms with Crippen LogP contribution in [0, 0.1) is 11.8 Å². The van der Waals surface area contributed by atoms with Crippen molar-refractivity contribution in [1.29, 1.82) is 0 Å². The van der Waals surface area contributed by atoms with Crippen LogP contribution >= 0.6 is 15.9 Å². The van der Waals surface area contributed by atoms with E-state index in [9.17, 15) is 0 Å². The Balaban J connectivity index is 1.77. The minimum atomic E-state index is 0.841. The van der Waals surface area contributed by atoms with Gasteiger partial charge in [0.1, 0.15) is 0 Å². The summed E-state index contributed by atoms with van der Waals surface area (Å²) in [6, 6.07) is 4.23. The van der Waals surface area contributed by atoms with E-state index < -0.39 is 0 Å². The topological polar surface area (TPSA) is 24.9 Å². The lowest BCUT2D eigenvalue weighted by Gasteiger charge is -2.36. The summed E-state index contributed by atoms with van der Waals surface area (Å²) in [6.45, 7) is 4.56. The average Bonchev–Trinajstić information content (AvgIpc) is 2.32. The Morgan fingerprint density at radius 3 is 2.76 bits per heavy atom. The molecule has 0 aromatic carbocycles. The summed E-state index contributed by atoms with van der Waals surface area (Å²) in [7, 11) is 0. The normalized spacial score (nSPS) is 23.4. The maximum atomic E-state index is 4.46. The molecule has 1 aromatic heterocycles. The van der Waals surface area contributed by atoms with Gasteiger partial charge in [-0.25, -0.2) is 0 Å². The minimum absolute atomic E-state index is 0.841. The van der Waals surface area contributed by atoms with Gasteiger partial charge in [0, 0.05) is 16.4 Å². The Labute approximate surface area is 112 Å². The molecule has 1 saturated carbocycles. The highest BCUT2D eigenvalue weighted by atomic mass is 79.9. The van der Waals surface area contributed by atoms with E-state index in [0.717, 1.165) is 29.3 Å². The summed E-state index contributed by atoms with van der Waals surface area (Å²) < 4.78 is 1.07. The van der Waals surface area contributed by atoms with E-state index in [1.807, 2.05) is 6.20 Å². The van der Waals surface area contributed by atoms with E-state index in [4.69, 9.17) is 0 Å². The Kier molecular flexibility index (Phi) is 4.99. The first kappa shape index (κ1) is 13.0. The zero-order chi connectivity index (χ0) is 12.1. The van der Waals surface area contributed by atoms with Crippen LogP contribution in [-0.4, -0.2) is 18.1 Å². The Hall–Kier alpha value is -0.410. The third kappa shape index (κ3) is 3.78. The molecule has 0 aliphatic heterocycles. The number of hydrogen-bond donors (Lipinski definition) is 1. The predicted molar refractivity (Wildman–Crippen MR) is 75.0 cm³/mol. The number of rotatable bonds is 6. The highest BCUT2D eigenvalue weighted by molar-refractivity contribution is 9.10. The zero-order valence-corrected chi connectivity index (χ0v) is 12.0. The zero-order valence-electron chi connectivity index (χ0n) is 10.5. The van der Waals surface area contributed by atoms with Gasteiger partial charge in [0.05, 0.1) is 0 Å². The third-order valence-electron chi connectivity index (χ3n) is 3.67. The number of nitrogens with zero attached hydrogens (tertiary/aromatic N) is 1. The van der Waals surface area contributed by atoms with Crippen molar-refractivity contribution in [2.45, 2.75) is 32.6 Å². The van der Waals surface area contributed by atoms with Crippen molar-refractivity contribution in [1.82, 2.24) is 10.3 Å². The molecular formula is C14H21BrN2. The summed E-state index contributed by atoms with van der Waals surface area (Å²) in [5, 5.41) is 3.53. The van der Waals surface area contributed by atoms with E-state index in [2.05, 4.69) is 45.3 Å². The molecule has 1 aliphatic rings. The molecule has 17 heavy (non-hydrogen) atoms. The number of hydrogen-bond acceptors (Lipinski definition) is 2. The Morgan fingerprint density at radius 1 is 1.35 bits per heavy atom. The largest absolute Gasteiger partial charge is 0.316 e. The molecule has 0 amide bonds. The summed E-state index contributed by atoms with van der Waals surface area (Å²) in [5.74, 6) is 1.71. The smallest absolute Gasteiger partial charge is 0.0413 e. The molecule has 0 bridgehead atoms. The lowest BCUT2D eigenvalue weighted by Crippen LogP contribution is -2.36. The molecule has 1 fully saturated rings. The van der Waals surface area contributed by atoms with Crippen molar-refractivity contribution in [2.75, 3.05) is 13.1 Å². The van der Waals surface area contributed by atoms with Gasteiger partial charge in [-0.2, -0.15) is 0 Å². The third-order valence-corrected chi connectivity index (χ3v) is 4.14. The van der Waals surface area contributed by atoms with Crippen molar-refractivity contribution >= 4 is 15.9 Å². The Morgan fingerprint density at radius 2 is 2.18 bits per heavy atom. The summed E-state index contributed by atoms with van der Waals surface area (Å²) in [6.07, 6.45) is 7.03. The molecule has 2 nitrogen and oxygen atoms in total. The van der Waals surface area contributed by atoms with E-state index in [1.54, 1.807) is 0 Å². The van der Waals surface area contributed by atoms with Gasteiger partial charge in [0.2, 0.25) is 0 Å². The number of nitrogens with one attached hydrogen (secondary N) is 1. The molecule has 2 atom stereocenters. The summed E-state index contributed by atoms with van der Waals surface area (Å²) in [4.78, 5) is 4.46. The molecule has 1 aliphatic carbocycles. The van der Waals surface area contributed by atoms with Gasteiger partial charge in [-0.15, -0.1) is 0 Å². The van der Waals surface area contributed by atoms with E-state index in [-0.39, 0.29) is 0 Å². The average molecular weight is 297 g/mol. The monoisotopic (exact) mass is 296 g/mol. The highest BCUT2D eigenvalue weighted by Gasteiger charge is 2.30. The van der Waals surface area contributed by atoms with Crippen molar-refractivity contribution in [3.63, 3.8) is 0 Å². The minimum Gasteiger partial charge on any atom is -0.316 e. The Bertz CT molecular complexity index is 337. The first-order valence-electron chi connectivity index (χ1n) is 6.60. The fourth-order valence-electron chi connectivity index (χ4n) is 2.44. The molecule has 2 unspecified atom stereocenters. The number of halogens is 1. The SMILES string of the molecule is CCCNCC1CCC1Cc1ccc(Br)cn1. The highest BCUT2D eigenvalue weighted by Crippen LogP contribution is 2.36. The van der Waals surface area contributed by atoms with Crippen LogP contribution in [-0.2, 0) is 6.42 Å². The van der Waals surface area contributed by atoms with Crippen molar-refractivity contribution < 1.29 is 0 Å².